The SMILES string of the molecule is Cc1cccc(NS(=O)(=O)c2ccc(C(=O)O)cn2)c1. The topological polar surface area (TPSA) is 96.4 Å². The average molecular weight is 292 g/mol. The van der Waals surface area contributed by atoms with Gasteiger partial charge >= 0.3 is 5.97 Å². The summed E-state index contributed by atoms with van der Waals surface area (Å²) in [5.41, 5.74) is 1.27. The van der Waals surface area contributed by atoms with Crippen molar-refractivity contribution in [2.45, 2.75) is 11.9 Å². The molecular weight excluding hydrogens is 280 g/mol. The minimum atomic E-state index is -3.83. The molecule has 0 atom stereocenters. The Morgan fingerprint density at radius 3 is 2.55 bits per heavy atom. The van der Waals surface area contributed by atoms with Crippen LogP contribution in [0.4, 0.5) is 5.69 Å². The molecule has 2 N–H and O–H groups in total. The van der Waals surface area contributed by atoms with Crippen LogP contribution in [0.3, 0.4) is 0 Å². The highest BCUT2D eigenvalue weighted by Crippen LogP contribution is 2.15. The van der Waals surface area contributed by atoms with E-state index in [-0.39, 0.29) is 10.6 Å². The Morgan fingerprint density at radius 2 is 2.00 bits per heavy atom. The second kappa shape index (κ2) is 5.30. The number of carbonyl (C=O) groups is 1. The van der Waals surface area contributed by atoms with Crippen LogP contribution in [0.25, 0.3) is 0 Å². The van der Waals surface area contributed by atoms with Gasteiger partial charge in [-0.1, -0.05) is 12.1 Å². The minimum absolute atomic E-state index is 0.0699. The van der Waals surface area contributed by atoms with Gasteiger partial charge in [-0.25, -0.2) is 9.78 Å². The maximum absolute atomic E-state index is 12.1. The van der Waals surface area contributed by atoms with Gasteiger partial charge < -0.3 is 5.11 Å². The lowest BCUT2D eigenvalue weighted by atomic mass is 10.2. The lowest BCUT2D eigenvalue weighted by Crippen LogP contribution is -2.15. The van der Waals surface area contributed by atoms with Crippen LogP contribution in [0, 0.1) is 6.92 Å². The summed E-state index contributed by atoms with van der Waals surface area (Å²) in [7, 11) is -3.83. The first-order valence-electron chi connectivity index (χ1n) is 5.67. The summed E-state index contributed by atoms with van der Waals surface area (Å²) in [5, 5.41) is 8.51. The second-order valence-corrected chi connectivity index (χ2v) is 5.79. The molecule has 7 heteroatoms. The van der Waals surface area contributed by atoms with Crippen LogP contribution in [0.5, 0.6) is 0 Å². The number of carboxylic acid groups (broad SMARTS) is 1. The standard InChI is InChI=1S/C13H12N2O4S/c1-9-3-2-4-11(7-9)15-20(18,19)12-6-5-10(8-14-12)13(16)17/h2-8,15H,1H3,(H,16,17). The molecule has 20 heavy (non-hydrogen) atoms. The Kier molecular flexibility index (Phi) is 3.71. The van der Waals surface area contributed by atoms with E-state index in [1.165, 1.54) is 6.07 Å². The third kappa shape index (κ3) is 3.12. The van der Waals surface area contributed by atoms with E-state index in [2.05, 4.69) is 9.71 Å². The number of rotatable bonds is 4. The molecule has 1 heterocycles. The number of benzene rings is 1. The fourth-order valence-corrected chi connectivity index (χ4v) is 2.56. The van der Waals surface area contributed by atoms with Gasteiger partial charge in [-0.15, -0.1) is 0 Å². The molecule has 2 rings (SSSR count). The Morgan fingerprint density at radius 1 is 1.25 bits per heavy atom. The first-order valence-corrected chi connectivity index (χ1v) is 7.16. The normalized spacial score (nSPS) is 11.1. The number of hydrogen-bond acceptors (Lipinski definition) is 4. The van der Waals surface area contributed by atoms with Crippen LogP contribution in [0.1, 0.15) is 15.9 Å². The average Bonchev–Trinajstić information content (AvgIpc) is 2.38. The summed E-state index contributed by atoms with van der Waals surface area (Å²) >= 11 is 0. The zero-order valence-corrected chi connectivity index (χ0v) is 11.4. The highest BCUT2D eigenvalue weighted by atomic mass is 32.2. The largest absolute Gasteiger partial charge is 0.478 e. The molecule has 0 fully saturated rings. The predicted octanol–water partition coefficient (Wildman–Crippen LogP) is 1.89. The molecular formula is C13H12N2O4S. The summed E-state index contributed by atoms with van der Waals surface area (Å²) < 4.78 is 26.5. The molecule has 2 aromatic rings. The van der Waals surface area contributed by atoms with Crippen LogP contribution in [0.15, 0.2) is 47.6 Å². The van der Waals surface area contributed by atoms with E-state index in [1.54, 1.807) is 18.2 Å². The van der Waals surface area contributed by atoms with Gasteiger partial charge in [-0.2, -0.15) is 8.42 Å². The number of sulfonamides is 1. The van der Waals surface area contributed by atoms with Crippen LogP contribution in [-0.2, 0) is 10.0 Å². The van der Waals surface area contributed by atoms with Crippen LogP contribution in [-0.4, -0.2) is 24.5 Å². The number of aromatic carboxylic acids is 1. The van der Waals surface area contributed by atoms with Gasteiger partial charge in [0.25, 0.3) is 10.0 Å². The fourth-order valence-electron chi connectivity index (χ4n) is 1.58. The summed E-state index contributed by atoms with van der Waals surface area (Å²) in [6, 6.07) is 9.23. The second-order valence-electron chi connectivity index (χ2n) is 4.17. The number of nitrogens with zero attached hydrogens (tertiary/aromatic N) is 1. The number of pyridine rings is 1. The molecule has 0 unspecified atom stereocenters. The first kappa shape index (κ1) is 14.0. The van der Waals surface area contributed by atoms with Crippen LogP contribution < -0.4 is 4.72 Å². The van der Waals surface area contributed by atoms with Gasteiger partial charge in [0, 0.05) is 11.9 Å². The number of aryl methyl sites for hydroxylation is 1. The Hall–Kier alpha value is -2.41. The van der Waals surface area contributed by atoms with Crippen molar-refractivity contribution in [3.8, 4) is 0 Å². The van der Waals surface area contributed by atoms with Gasteiger partial charge in [0.1, 0.15) is 0 Å². The minimum Gasteiger partial charge on any atom is -0.478 e. The highest BCUT2D eigenvalue weighted by molar-refractivity contribution is 7.92. The van der Waals surface area contributed by atoms with Crippen molar-refractivity contribution in [1.82, 2.24) is 4.98 Å². The third-order valence-electron chi connectivity index (χ3n) is 2.53. The molecule has 0 spiro atoms. The summed E-state index contributed by atoms with van der Waals surface area (Å²) in [4.78, 5) is 14.3. The zero-order chi connectivity index (χ0) is 14.8. The Balaban J connectivity index is 2.28. The van der Waals surface area contributed by atoms with Gasteiger partial charge in [0.2, 0.25) is 0 Å². The van der Waals surface area contributed by atoms with Crippen molar-refractivity contribution in [2.24, 2.45) is 0 Å². The van der Waals surface area contributed by atoms with Gasteiger partial charge in [0.05, 0.1) is 5.56 Å². The molecule has 1 aromatic heterocycles. The lowest BCUT2D eigenvalue weighted by molar-refractivity contribution is 0.0696. The fraction of sp³-hybridized carbons (Fsp3) is 0.0769. The van der Waals surface area contributed by atoms with Crippen LogP contribution >= 0.6 is 0 Å². The zero-order valence-electron chi connectivity index (χ0n) is 10.6. The maximum atomic E-state index is 12.1. The molecule has 0 aliphatic carbocycles. The molecule has 0 amide bonds. The summed E-state index contributed by atoms with van der Waals surface area (Å²) in [5.74, 6) is -1.16. The van der Waals surface area contributed by atoms with E-state index in [9.17, 15) is 13.2 Å². The maximum Gasteiger partial charge on any atom is 0.337 e. The van der Waals surface area contributed by atoms with Gasteiger partial charge in [-0.3, -0.25) is 4.72 Å². The molecule has 0 radical (unpaired) electrons. The first-order chi connectivity index (χ1) is 9.38. The van der Waals surface area contributed by atoms with Crippen molar-refractivity contribution in [2.75, 3.05) is 4.72 Å². The van der Waals surface area contributed by atoms with E-state index >= 15 is 0 Å². The number of nitrogens with one attached hydrogen (secondary N) is 1. The molecule has 0 aliphatic rings. The molecule has 104 valence electrons. The smallest absolute Gasteiger partial charge is 0.337 e. The number of hydrogen-bond donors (Lipinski definition) is 2. The van der Waals surface area contributed by atoms with Gasteiger partial charge in [-0.05, 0) is 36.8 Å². The molecule has 1 aromatic carbocycles. The predicted molar refractivity (Wildman–Crippen MR) is 73.2 cm³/mol. The number of carboxylic acids is 1. The van der Waals surface area contributed by atoms with Crippen LogP contribution in [0.2, 0.25) is 0 Å². The van der Waals surface area contributed by atoms with Crippen molar-refractivity contribution in [3.63, 3.8) is 0 Å². The summed E-state index contributed by atoms with van der Waals surface area (Å²) in [6.07, 6.45) is 1.01. The van der Waals surface area contributed by atoms with E-state index in [4.69, 9.17) is 5.11 Å². The van der Waals surface area contributed by atoms with Crippen molar-refractivity contribution < 1.29 is 18.3 Å². The van der Waals surface area contributed by atoms with Gasteiger partial charge in [0.15, 0.2) is 5.03 Å². The number of anilines is 1. The molecule has 6 nitrogen and oxygen atoms in total. The number of aromatic nitrogens is 1. The molecule has 0 saturated carbocycles. The Labute approximate surface area is 116 Å². The van der Waals surface area contributed by atoms with Crippen molar-refractivity contribution in [3.05, 3.63) is 53.7 Å². The molecule has 0 aliphatic heterocycles. The van der Waals surface area contributed by atoms with E-state index in [0.717, 1.165) is 17.8 Å². The summed E-state index contributed by atoms with van der Waals surface area (Å²) in [6.45, 7) is 1.84. The molecule has 0 saturated heterocycles. The monoisotopic (exact) mass is 292 g/mol. The van der Waals surface area contributed by atoms with Crippen molar-refractivity contribution in [1.29, 1.82) is 0 Å². The Bertz CT molecular complexity index is 739. The van der Waals surface area contributed by atoms with E-state index in [0.29, 0.717) is 5.69 Å². The molecule has 0 bridgehead atoms. The quantitative estimate of drug-likeness (QED) is 0.897. The van der Waals surface area contributed by atoms with Crippen molar-refractivity contribution >= 4 is 21.7 Å². The lowest BCUT2D eigenvalue weighted by Gasteiger charge is -2.08. The third-order valence-corrected chi connectivity index (χ3v) is 3.83. The highest BCUT2D eigenvalue weighted by Gasteiger charge is 2.16. The van der Waals surface area contributed by atoms with E-state index in [1.807, 2.05) is 13.0 Å². The van der Waals surface area contributed by atoms with E-state index < -0.39 is 16.0 Å².